The third-order valence-electron chi connectivity index (χ3n) is 4.29. The highest BCUT2D eigenvalue weighted by molar-refractivity contribution is 8.00. The second-order valence-electron chi connectivity index (χ2n) is 6.72. The molecule has 1 aromatic rings. The number of rotatable bonds is 2. The van der Waals surface area contributed by atoms with Crippen LogP contribution in [0.3, 0.4) is 0 Å². The maximum Gasteiger partial charge on any atom is 0.0104 e. The van der Waals surface area contributed by atoms with E-state index in [1.807, 2.05) is 0 Å². The Balaban J connectivity index is 1.90. The predicted octanol–water partition coefficient (Wildman–Crippen LogP) is 5.69. The fourth-order valence-electron chi connectivity index (χ4n) is 2.91. The molecule has 1 aliphatic rings. The molecular weight excluding hydrogens is 236 g/mol. The highest BCUT2D eigenvalue weighted by atomic mass is 32.2. The summed E-state index contributed by atoms with van der Waals surface area (Å²) in [7, 11) is 0. The molecule has 0 radical (unpaired) electrons. The average molecular weight is 262 g/mol. The van der Waals surface area contributed by atoms with Crippen molar-refractivity contribution in [1.82, 2.24) is 0 Å². The maximum atomic E-state index is 2.40. The summed E-state index contributed by atoms with van der Waals surface area (Å²) in [6, 6.07) is 8.80. The van der Waals surface area contributed by atoms with E-state index in [0.717, 1.165) is 11.2 Å². The van der Waals surface area contributed by atoms with E-state index in [-0.39, 0.29) is 0 Å². The predicted molar refractivity (Wildman–Crippen MR) is 82.2 cm³/mol. The fourth-order valence-corrected chi connectivity index (χ4v) is 4.19. The first-order chi connectivity index (χ1) is 8.47. The number of hydrogen-bond donors (Lipinski definition) is 0. The van der Waals surface area contributed by atoms with E-state index in [1.165, 1.54) is 36.1 Å². The standard InChI is InChI=1S/C17H26S/c1-13-7-5-6-8-16(13)18-15-11-9-14(10-12-15)17(2,3)4/h5-8,14-15H,9-12H2,1-4H3. The van der Waals surface area contributed by atoms with Crippen molar-refractivity contribution >= 4 is 11.8 Å². The van der Waals surface area contributed by atoms with Crippen LogP contribution >= 0.6 is 11.8 Å². The zero-order valence-corrected chi connectivity index (χ0v) is 13.0. The van der Waals surface area contributed by atoms with Crippen molar-refractivity contribution in [2.75, 3.05) is 0 Å². The van der Waals surface area contributed by atoms with E-state index in [0.29, 0.717) is 5.41 Å². The SMILES string of the molecule is Cc1ccccc1SC1CCC(C(C)(C)C)CC1. The number of aryl methyl sites for hydroxylation is 1. The van der Waals surface area contributed by atoms with Gasteiger partial charge in [0.1, 0.15) is 0 Å². The van der Waals surface area contributed by atoms with Crippen molar-refractivity contribution in [2.45, 2.75) is 63.5 Å². The smallest absolute Gasteiger partial charge is 0.0104 e. The quantitative estimate of drug-likeness (QED) is 0.659. The van der Waals surface area contributed by atoms with Gasteiger partial charge in [-0.3, -0.25) is 0 Å². The number of thioether (sulfide) groups is 1. The van der Waals surface area contributed by atoms with Crippen LogP contribution in [0, 0.1) is 18.3 Å². The van der Waals surface area contributed by atoms with Crippen LogP contribution in [-0.4, -0.2) is 5.25 Å². The summed E-state index contributed by atoms with van der Waals surface area (Å²) in [6.45, 7) is 9.41. The molecule has 0 aromatic heterocycles. The monoisotopic (exact) mass is 262 g/mol. The van der Waals surface area contributed by atoms with Crippen molar-refractivity contribution in [3.63, 3.8) is 0 Å². The van der Waals surface area contributed by atoms with Gasteiger partial charge in [-0.1, -0.05) is 39.0 Å². The molecule has 1 saturated carbocycles. The second kappa shape index (κ2) is 5.69. The lowest BCUT2D eigenvalue weighted by atomic mass is 9.72. The summed E-state index contributed by atoms with van der Waals surface area (Å²) in [4.78, 5) is 1.48. The fraction of sp³-hybridized carbons (Fsp3) is 0.647. The molecule has 0 nitrogen and oxygen atoms in total. The van der Waals surface area contributed by atoms with E-state index in [2.05, 4.69) is 63.7 Å². The lowest BCUT2D eigenvalue weighted by molar-refractivity contribution is 0.182. The van der Waals surface area contributed by atoms with Crippen molar-refractivity contribution in [3.05, 3.63) is 29.8 Å². The largest absolute Gasteiger partial charge is 0.122 e. The van der Waals surface area contributed by atoms with Gasteiger partial charge in [0.15, 0.2) is 0 Å². The molecule has 1 aliphatic carbocycles. The minimum Gasteiger partial charge on any atom is -0.122 e. The lowest BCUT2D eigenvalue weighted by Gasteiger charge is -2.36. The Morgan fingerprint density at radius 2 is 1.61 bits per heavy atom. The molecule has 1 aromatic carbocycles. The van der Waals surface area contributed by atoms with Crippen LogP contribution in [0.1, 0.15) is 52.0 Å². The van der Waals surface area contributed by atoms with E-state index in [1.54, 1.807) is 0 Å². The summed E-state index contributed by atoms with van der Waals surface area (Å²) < 4.78 is 0. The number of benzene rings is 1. The third kappa shape index (κ3) is 3.54. The molecule has 2 rings (SSSR count). The van der Waals surface area contributed by atoms with Crippen LogP contribution in [0.2, 0.25) is 0 Å². The molecule has 0 N–H and O–H groups in total. The van der Waals surface area contributed by atoms with Crippen LogP contribution in [0.5, 0.6) is 0 Å². The molecule has 100 valence electrons. The molecule has 0 aliphatic heterocycles. The summed E-state index contributed by atoms with van der Waals surface area (Å²) in [5.74, 6) is 0.922. The average Bonchev–Trinajstić information content (AvgIpc) is 2.32. The molecule has 0 atom stereocenters. The Kier molecular flexibility index (Phi) is 4.42. The molecule has 1 heteroatoms. The normalized spacial score (nSPS) is 25.1. The van der Waals surface area contributed by atoms with Gasteiger partial charge in [0.25, 0.3) is 0 Å². The molecular formula is C17H26S. The Morgan fingerprint density at radius 3 is 2.17 bits per heavy atom. The molecule has 0 unspecified atom stereocenters. The van der Waals surface area contributed by atoms with Crippen molar-refractivity contribution in [2.24, 2.45) is 11.3 Å². The zero-order valence-electron chi connectivity index (χ0n) is 12.2. The minimum absolute atomic E-state index is 0.498. The highest BCUT2D eigenvalue weighted by Gasteiger charge is 2.29. The molecule has 0 bridgehead atoms. The van der Waals surface area contributed by atoms with Gasteiger partial charge in [0.2, 0.25) is 0 Å². The lowest BCUT2D eigenvalue weighted by Crippen LogP contribution is -2.26. The van der Waals surface area contributed by atoms with Gasteiger partial charge in [-0.2, -0.15) is 0 Å². The van der Waals surface area contributed by atoms with Gasteiger partial charge in [-0.15, -0.1) is 11.8 Å². The van der Waals surface area contributed by atoms with Gasteiger partial charge in [-0.25, -0.2) is 0 Å². The molecule has 0 spiro atoms. The van der Waals surface area contributed by atoms with Gasteiger partial charge < -0.3 is 0 Å². The maximum absolute atomic E-state index is 2.40. The summed E-state index contributed by atoms with van der Waals surface area (Å²) in [6.07, 6.45) is 5.60. The van der Waals surface area contributed by atoms with Crippen LogP contribution in [0.15, 0.2) is 29.2 Å². The van der Waals surface area contributed by atoms with Crippen molar-refractivity contribution < 1.29 is 0 Å². The molecule has 0 amide bonds. The number of hydrogen-bond acceptors (Lipinski definition) is 1. The van der Waals surface area contributed by atoms with Crippen LogP contribution < -0.4 is 0 Å². The zero-order chi connectivity index (χ0) is 13.2. The van der Waals surface area contributed by atoms with Crippen LogP contribution in [0.25, 0.3) is 0 Å². The van der Waals surface area contributed by atoms with Crippen LogP contribution in [-0.2, 0) is 0 Å². The Hall–Kier alpha value is -0.430. The first-order valence-corrected chi connectivity index (χ1v) is 8.07. The first kappa shape index (κ1) is 14.0. The summed E-state index contributed by atoms with van der Waals surface area (Å²) >= 11 is 2.10. The Bertz CT molecular complexity index is 381. The molecule has 18 heavy (non-hydrogen) atoms. The van der Waals surface area contributed by atoms with E-state index in [4.69, 9.17) is 0 Å². The van der Waals surface area contributed by atoms with Crippen molar-refractivity contribution in [1.29, 1.82) is 0 Å². The van der Waals surface area contributed by atoms with E-state index < -0.39 is 0 Å². The molecule has 0 saturated heterocycles. The van der Waals surface area contributed by atoms with Crippen molar-refractivity contribution in [3.8, 4) is 0 Å². The van der Waals surface area contributed by atoms with E-state index >= 15 is 0 Å². The van der Waals surface area contributed by atoms with Gasteiger partial charge >= 0.3 is 0 Å². The first-order valence-electron chi connectivity index (χ1n) is 7.19. The molecule has 1 fully saturated rings. The van der Waals surface area contributed by atoms with Crippen LogP contribution in [0.4, 0.5) is 0 Å². The summed E-state index contributed by atoms with van der Waals surface area (Å²) in [5.41, 5.74) is 1.93. The van der Waals surface area contributed by atoms with Gasteiger partial charge in [-0.05, 0) is 55.6 Å². The molecule has 0 heterocycles. The highest BCUT2D eigenvalue weighted by Crippen LogP contribution is 2.42. The third-order valence-corrected chi connectivity index (χ3v) is 5.80. The van der Waals surface area contributed by atoms with Gasteiger partial charge in [0.05, 0.1) is 0 Å². The summed E-state index contributed by atoms with van der Waals surface area (Å²) in [5, 5.41) is 0.838. The van der Waals surface area contributed by atoms with Gasteiger partial charge in [0, 0.05) is 10.1 Å². The Labute approximate surface area is 117 Å². The topological polar surface area (TPSA) is 0 Å². The Morgan fingerprint density at radius 1 is 1.00 bits per heavy atom. The van der Waals surface area contributed by atoms with E-state index in [9.17, 15) is 0 Å². The second-order valence-corrected chi connectivity index (χ2v) is 8.07. The minimum atomic E-state index is 0.498.